The molecule has 2 aromatic rings. The highest BCUT2D eigenvalue weighted by Crippen LogP contribution is 2.39. The third-order valence-corrected chi connectivity index (χ3v) is 9.76. The van der Waals surface area contributed by atoms with E-state index < -0.39 is 33.9 Å². The van der Waals surface area contributed by atoms with Crippen LogP contribution in [0, 0.1) is 5.92 Å². The second kappa shape index (κ2) is 9.89. The lowest BCUT2D eigenvalue weighted by molar-refractivity contribution is -0.191. The van der Waals surface area contributed by atoms with Gasteiger partial charge in [0.15, 0.2) is 6.04 Å². The zero-order valence-corrected chi connectivity index (χ0v) is 21.9. The average Bonchev–Trinajstić information content (AvgIpc) is 3.19. The van der Waals surface area contributed by atoms with Gasteiger partial charge in [-0.2, -0.15) is 13.2 Å². The Labute approximate surface area is 215 Å². The fraction of sp³-hybridized carbons (Fsp3) is 0.478. The third kappa shape index (κ3) is 5.77. The second-order valence-electron chi connectivity index (χ2n) is 9.04. The summed E-state index contributed by atoms with van der Waals surface area (Å²) in [4.78, 5) is 17.5. The van der Waals surface area contributed by atoms with Crippen LogP contribution in [0.1, 0.15) is 35.7 Å². The number of carbonyl (C=O) groups excluding carboxylic acids is 1. The molecule has 1 aliphatic heterocycles. The molecule has 4 rings (SSSR count). The standard InChI is InChI=1S/C23H24BrClF3N3O3S/c1-31(22(32)13-6-8-35(33,34)9-7-13)21(23(26,27)28)19-5-3-15(12-29-19)30-16-10-14-2-4-18(25)20(24)17(14)11-16/h2-5,12-13,16,21,30H,6-11H2,1H3/t16?,21-/m0/s1. The van der Waals surface area contributed by atoms with E-state index in [0.29, 0.717) is 22.0 Å². The molecule has 1 saturated heterocycles. The summed E-state index contributed by atoms with van der Waals surface area (Å²) in [6, 6.07) is 4.40. The summed E-state index contributed by atoms with van der Waals surface area (Å²) in [5.41, 5.74) is 2.52. The van der Waals surface area contributed by atoms with Crippen LogP contribution in [-0.4, -0.2) is 55.0 Å². The Bertz CT molecular complexity index is 1210. The topological polar surface area (TPSA) is 79.4 Å². The Hall–Kier alpha value is -1.85. The van der Waals surface area contributed by atoms with Crippen LogP contribution in [-0.2, 0) is 27.5 Å². The number of nitrogens with zero attached hydrogens (tertiary/aromatic N) is 2. The van der Waals surface area contributed by atoms with Crippen molar-refractivity contribution in [2.24, 2.45) is 5.92 Å². The SMILES string of the molecule is CN(C(=O)C1CCS(=O)(=O)CC1)[C@@H](c1ccc(NC2Cc3ccc(Cl)c(Br)c3C2)cn1)C(F)(F)F. The first-order chi connectivity index (χ1) is 16.4. The number of anilines is 1. The van der Waals surface area contributed by atoms with Crippen LogP contribution in [0.3, 0.4) is 0 Å². The van der Waals surface area contributed by atoms with Crippen LogP contribution >= 0.6 is 27.5 Å². The van der Waals surface area contributed by atoms with Crippen molar-refractivity contribution >= 4 is 49.0 Å². The lowest BCUT2D eigenvalue weighted by Gasteiger charge is -2.33. The number of fused-ring (bicyclic) bond motifs is 1. The molecule has 6 nitrogen and oxygen atoms in total. The summed E-state index contributed by atoms with van der Waals surface area (Å²) < 4.78 is 66.1. The first kappa shape index (κ1) is 26.2. The number of pyridine rings is 1. The number of hydrogen-bond acceptors (Lipinski definition) is 5. The Kier molecular flexibility index (Phi) is 7.41. The molecule has 12 heteroatoms. The maximum atomic E-state index is 14.0. The van der Waals surface area contributed by atoms with E-state index in [2.05, 4.69) is 26.2 Å². The normalized spacial score (nSPS) is 20.8. The molecule has 1 N–H and O–H groups in total. The highest BCUT2D eigenvalue weighted by Gasteiger charge is 2.47. The van der Waals surface area contributed by atoms with E-state index in [1.165, 1.54) is 18.3 Å². The number of nitrogens with one attached hydrogen (secondary N) is 1. The summed E-state index contributed by atoms with van der Waals surface area (Å²) in [5.74, 6) is -1.87. The van der Waals surface area contributed by atoms with Crippen molar-refractivity contribution < 1.29 is 26.4 Å². The van der Waals surface area contributed by atoms with Gasteiger partial charge in [-0.05, 0) is 70.9 Å². The summed E-state index contributed by atoms with van der Waals surface area (Å²) in [5, 5.41) is 3.93. The quantitative estimate of drug-likeness (QED) is 0.529. The van der Waals surface area contributed by atoms with Crippen molar-refractivity contribution in [2.75, 3.05) is 23.9 Å². The van der Waals surface area contributed by atoms with Gasteiger partial charge in [-0.15, -0.1) is 0 Å². The minimum absolute atomic E-state index is 0.0253. The Morgan fingerprint density at radius 3 is 2.49 bits per heavy atom. The molecule has 2 heterocycles. The molecule has 1 unspecified atom stereocenters. The Balaban J connectivity index is 1.46. The molecule has 0 bridgehead atoms. The maximum absolute atomic E-state index is 14.0. The van der Waals surface area contributed by atoms with Crippen LogP contribution in [0.2, 0.25) is 5.02 Å². The first-order valence-corrected chi connectivity index (χ1v) is 14.1. The predicted molar refractivity (Wildman–Crippen MR) is 131 cm³/mol. The van der Waals surface area contributed by atoms with Gasteiger partial charge in [-0.1, -0.05) is 17.7 Å². The molecular weight excluding hydrogens is 571 g/mol. The van der Waals surface area contributed by atoms with Gasteiger partial charge < -0.3 is 10.2 Å². The van der Waals surface area contributed by atoms with Crippen LogP contribution in [0.25, 0.3) is 0 Å². The number of carbonyl (C=O) groups is 1. The smallest absolute Gasteiger partial charge is 0.380 e. The number of aromatic nitrogens is 1. The molecule has 0 spiro atoms. The molecule has 190 valence electrons. The highest BCUT2D eigenvalue weighted by molar-refractivity contribution is 9.10. The lowest BCUT2D eigenvalue weighted by atomic mass is 9.99. The zero-order valence-electron chi connectivity index (χ0n) is 18.8. The minimum atomic E-state index is -4.74. The van der Waals surface area contributed by atoms with E-state index >= 15 is 0 Å². The zero-order chi connectivity index (χ0) is 25.5. The van der Waals surface area contributed by atoms with Gasteiger partial charge in [0.1, 0.15) is 9.84 Å². The summed E-state index contributed by atoms with van der Waals surface area (Å²) >= 11 is 9.68. The summed E-state index contributed by atoms with van der Waals surface area (Å²) in [7, 11) is -2.14. The number of amides is 1. The van der Waals surface area contributed by atoms with Gasteiger partial charge in [-0.25, -0.2) is 8.42 Å². The van der Waals surface area contributed by atoms with E-state index in [4.69, 9.17) is 11.6 Å². The van der Waals surface area contributed by atoms with Gasteiger partial charge in [0, 0.05) is 23.5 Å². The van der Waals surface area contributed by atoms with E-state index in [9.17, 15) is 26.4 Å². The number of benzene rings is 1. The molecule has 1 aromatic heterocycles. The molecule has 0 saturated carbocycles. The molecular formula is C23H24BrClF3N3O3S. The van der Waals surface area contributed by atoms with Crippen LogP contribution in [0.5, 0.6) is 0 Å². The fourth-order valence-electron chi connectivity index (χ4n) is 4.76. The van der Waals surface area contributed by atoms with Crippen LogP contribution in [0.4, 0.5) is 18.9 Å². The number of sulfone groups is 1. The number of rotatable bonds is 5. The van der Waals surface area contributed by atoms with Crippen molar-refractivity contribution in [3.8, 4) is 0 Å². The third-order valence-electron chi connectivity index (χ3n) is 6.60. The van der Waals surface area contributed by atoms with Crippen LogP contribution in [0.15, 0.2) is 34.9 Å². The van der Waals surface area contributed by atoms with Crippen molar-refractivity contribution in [3.63, 3.8) is 0 Å². The molecule has 1 fully saturated rings. The lowest BCUT2D eigenvalue weighted by Crippen LogP contribution is -2.44. The number of alkyl halides is 3. The second-order valence-corrected chi connectivity index (χ2v) is 12.5. The van der Waals surface area contributed by atoms with Crippen molar-refractivity contribution in [1.82, 2.24) is 9.88 Å². The largest absolute Gasteiger partial charge is 0.414 e. The molecule has 0 radical (unpaired) electrons. The van der Waals surface area contributed by atoms with E-state index in [1.54, 1.807) is 0 Å². The molecule has 1 aliphatic carbocycles. The Morgan fingerprint density at radius 2 is 1.89 bits per heavy atom. The number of halogens is 5. The van der Waals surface area contributed by atoms with Crippen molar-refractivity contribution in [2.45, 2.75) is 43.9 Å². The molecule has 1 aromatic carbocycles. The highest BCUT2D eigenvalue weighted by atomic mass is 79.9. The molecule has 2 atom stereocenters. The summed E-state index contributed by atoms with van der Waals surface area (Å²) in [6.45, 7) is 0. The van der Waals surface area contributed by atoms with Crippen molar-refractivity contribution in [3.05, 3.63) is 56.8 Å². The van der Waals surface area contributed by atoms with Gasteiger partial charge in [0.05, 0.1) is 34.1 Å². The average molecular weight is 595 g/mol. The number of hydrogen-bond donors (Lipinski definition) is 1. The van der Waals surface area contributed by atoms with Crippen LogP contribution < -0.4 is 5.32 Å². The van der Waals surface area contributed by atoms with Gasteiger partial charge >= 0.3 is 6.18 Å². The monoisotopic (exact) mass is 593 g/mol. The van der Waals surface area contributed by atoms with E-state index in [1.807, 2.05) is 12.1 Å². The van der Waals surface area contributed by atoms with E-state index in [-0.39, 0.29) is 36.1 Å². The summed E-state index contributed by atoms with van der Waals surface area (Å²) in [6.07, 6.45) is -1.91. The van der Waals surface area contributed by atoms with Gasteiger partial charge in [0.2, 0.25) is 5.91 Å². The van der Waals surface area contributed by atoms with Gasteiger partial charge in [0.25, 0.3) is 0 Å². The minimum Gasteiger partial charge on any atom is -0.380 e. The first-order valence-electron chi connectivity index (χ1n) is 11.1. The predicted octanol–water partition coefficient (Wildman–Crippen LogP) is 4.96. The van der Waals surface area contributed by atoms with Gasteiger partial charge in [-0.3, -0.25) is 9.78 Å². The van der Waals surface area contributed by atoms with Crippen molar-refractivity contribution in [1.29, 1.82) is 0 Å². The maximum Gasteiger partial charge on any atom is 0.414 e. The Morgan fingerprint density at radius 1 is 1.20 bits per heavy atom. The molecule has 2 aliphatic rings. The molecule has 1 amide bonds. The fourth-order valence-corrected chi connectivity index (χ4v) is 6.97. The molecule has 35 heavy (non-hydrogen) atoms. The van der Waals surface area contributed by atoms with E-state index in [0.717, 1.165) is 29.1 Å².